The van der Waals surface area contributed by atoms with Crippen LogP contribution in [-0.2, 0) is 4.79 Å². The lowest BCUT2D eigenvalue weighted by molar-refractivity contribution is -0.112. The third kappa shape index (κ3) is 3.20. The highest BCUT2D eigenvalue weighted by molar-refractivity contribution is 6.06. The zero-order chi connectivity index (χ0) is 14.4. The minimum atomic E-state index is -0.180. The lowest BCUT2D eigenvalue weighted by atomic mass is 10.2. The maximum atomic E-state index is 12.1. The van der Waals surface area contributed by atoms with Crippen molar-refractivity contribution < 1.29 is 4.79 Å². The van der Waals surface area contributed by atoms with Crippen molar-refractivity contribution in [1.29, 1.82) is 0 Å². The molecule has 0 aliphatic heterocycles. The first-order valence-electron chi connectivity index (χ1n) is 6.36. The van der Waals surface area contributed by atoms with Crippen LogP contribution in [0.25, 0.3) is 10.9 Å². The Morgan fingerprint density at radius 2 is 2.15 bits per heavy atom. The fourth-order valence-electron chi connectivity index (χ4n) is 1.86. The topological polar surface area (TPSA) is 42.0 Å². The summed E-state index contributed by atoms with van der Waals surface area (Å²) in [7, 11) is 0. The molecular formula is C17H16N2O. The Bertz CT molecular complexity index is 699. The van der Waals surface area contributed by atoms with Gasteiger partial charge in [0.25, 0.3) is 5.91 Å². The molecule has 0 saturated carbocycles. The van der Waals surface area contributed by atoms with Crippen LogP contribution in [0.4, 0.5) is 5.69 Å². The molecular weight excluding hydrogens is 248 g/mol. The van der Waals surface area contributed by atoms with Gasteiger partial charge in [0.05, 0.1) is 17.4 Å². The van der Waals surface area contributed by atoms with Gasteiger partial charge in [0.2, 0.25) is 0 Å². The first kappa shape index (κ1) is 13.7. The summed E-state index contributed by atoms with van der Waals surface area (Å²) in [6.07, 6.45) is 8.47. The second-order valence-electron chi connectivity index (χ2n) is 4.23. The number of pyridine rings is 1. The minimum Gasteiger partial charge on any atom is -0.321 e. The maximum absolute atomic E-state index is 12.1. The van der Waals surface area contributed by atoms with Crippen molar-refractivity contribution in [2.24, 2.45) is 0 Å². The highest BCUT2D eigenvalue weighted by Crippen LogP contribution is 2.16. The summed E-state index contributed by atoms with van der Waals surface area (Å²) in [5.74, 6) is -0.180. The number of allylic oxidation sites excluding steroid dienone is 3. The van der Waals surface area contributed by atoms with Crippen molar-refractivity contribution in [2.45, 2.75) is 6.92 Å². The quantitative estimate of drug-likeness (QED) is 0.673. The number of rotatable bonds is 4. The van der Waals surface area contributed by atoms with E-state index >= 15 is 0 Å². The average molecular weight is 264 g/mol. The van der Waals surface area contributed by atoms with Crippen molar-refractivity contribution in [3.8, 4) is 0 Å². The fourth-order valence-corrected chi connectivity index (χ4v) is 1.86. The Morgan fingerprint density at radius 1 is 1.35 bits per heavy atom. The van der Waals surface area contributed by atoms with Gasteiger partial charge in [0, 0.05) is 11.0 Å². The van der Waals surface area contributed by atoms with E-state index in [-0.39, 0.29) is 5.91 Å². The zero-order valence-electron chi connectivity index (χ0n) is 11.3. The number of carbonyl (C=O) groups excluding carboxylic acids is 1. The van der Waals surface area contributed by atoms with Crippen LogP contribution in [0.5, 0.6) is 0 Å². The van der Waals surface area contributed by atoms with Gasteiger partial charge in [-0.3, -0.25) is 9.78 Å². The molecule has 0 unspecified atom stereocenters. The van der Waals surface area contributed by atoms with E-state index in [2.05, 4.69) is 16.9 Å². The highest BCUT2D eigenvalue weighted by Gasteiger charge is 2.06. The molecule has 2 rings (SSSR count). The highest BCUT2D eigenvalue weighted by atomic mass is 16.1. The number of para-hydroxylation sites is 1. The van der Waals surface area contributed by atoms with Gasteiger partial charge < -0.3 is 5.32 Å². The number of hydrogen-bond donors (Lipinski definition) is 1. The Morgan fingerprint density at radius 3 is 2.90 bits per heavy atom. The van der Waals surface area contributed by atoms with Gasteiger partial charge in [0.1, 0.15) is 0 Å². The van der Waals surface area contributed by atoms with E-state index in [1.165, 1.54) is 0 Å². The number of carbonyl (C=O) groups is 1. The van der Waals surface area contributed by atoms with Crippen molar-refractivity contribution in [1.82, 2.24) is 4.98 Å². The lowest BCUT2D eigenvalue weighted by Crippen LogP contribution is -2.13. The molecule has 1 amide bonds. The zero-order valence-corrected chi connectivity index (χ0v) is 11.3. The van der Waals surface area contributed by atoms with Crippen LogP contribution in [0.15, 0.2) is 73.0 Å². The molecule has 1 aromatic carbocycles. The molecule has 20 heavy (non-hydrogen) atoms. The van der Waals surface area contributed by atoms with E-state index in [1.807, 2.05) is 43.3 Å². The first-order chi connectivity index (χ1) is 9.74. The van der Waals surface area contributed by atoms with Crippen LogP contribution < -0.4 is 5.32 Å². The Balaban J connectivity index is 2.25. The normalized spacial score (nSPS) is 11.8. The summed E-state index contributed by atoms with van der Waals surface area (Å²) in [4.78, 5) is 16.4. The van der Waals surface area contributed by atoms with E-state index in [0.29, 0.717) is 11.3 Å². The molecule has 0 aliphatic rings. The molecule has 0 aliphatic carbocycles. The number of hydrogen-bond acceptors (Lipinski definition) is 2. The van der Waals surface area contributed by atoms with Crippen LogP contribution >= 0.6 is 0 Å². The summed E-state index contributed by atoms with van der Waals surface area (Å²) in [5, 5.41) is 3.83. The lowest BCUT2D eigenvalue weighted by Gasteiger charge is -2.06. The summed E-state index contributed by atoms with van der Waals surface area (Å²) in [6.45, 7) is 5.47. The molecule has 100 valence electrons. The van der Waals surface area contributed by atoms with Crippen molar-refractivity contribution in [3.05, 3.63) is 73.0 Å². The number of amides is 1. The molecule has 3 nitrogen and oxygen atoms in total. The number of benzene rings is 1. The van der Waals surface area contributed by atoms with Crippen molar-refractivity contribution in [2.75, 3.05) is 5.32 Å². The maximum Gasteiger partial charge on any atom is 0.255 e. The van der Waals surface area contributed by atoms with Crippen LogP contribution in [0.3, 0.4) is 0 Å². The van der Waals surface area contributed by atoms with Crippen LogP contribution in [0.2, 0.25) is 0 Å². The van der Waals surface area contributed by atoms with E-state index in [4.69, 9.17) is 0 Å². The molecule has 2 aromatic rings. The monoisotopic (exact) mass is 264 g/mol. The van der Waals surface area contributed by atoms with Crippen molar-refractivity contribution in [3.63, 3.8) is 0 Å². The Labute approximate surface area is 118 Å². The van der Waals surface area contributed by atoms with E-state index < -0.39 is 0 Å². The fraction of sp³-hybridized carbons (Fsp3) is 0.0588. The molecule has 3 heteroatoms. The summed E-state index contributed by atoms with van der Waals surface area (Å²) >= 11 is 0. The van der Waals surface area contributed by atoms with Gasteiger partial charge in [-0.2, -0.15) is 0 Å². The van der Waals surface area contributed by atoms with Gasteiger partial charge in [-0.25, -0.2) is 0 Å². The summed E-state index contributed by atoms with van der Waals surface area (Å²) in [5.41, 5.74) is 2.13. The molecule has 0 spiro atoms. The first-order valence-corrected chi connectivity index (χ1v) is 6.36. The minimum absolute atomic E-state index is 0.180. The molecule has 1 aromatic heterocycles. The second-order valence-corrected chi connectivity index (χ2v) is 4.23. The second kappa shape index (κ2) is 6.48. The average Bonchev–Trinajstić information content (AvgIpc) is 2.47. The van der Waals surface area contributed by atoms with Crippen LogP contribution in [0.1, 0.15) is 6.92 Å². The van der Waals surface area contributed by atoms with Gasteiger partial charge in [-0.15, -0.1) is 0 Å². The van der Waals surface area contributed by atoms with Crippen molar-refractivity contribution >= 4 is 22.5 Å². The standard InChI is InChI=1S/C17H16N2O/c1-3-7-13(8-4-2)17(20)19-15-11-14-9-5-6-10-16(14)18-12-15/h3-12H,1H2,2H3,(H,19,20)/b8-4-,13-7+. The third-order valence-corrected chi connectivity index (χ3v) is 2.75. The van der Waals surface area contributed by atoms with Gasteiger partial charge in [-0.05, 0) is 19.1 Å². The largest absolute Gasteiger partial charge is 0.321 e. The predicted molar refractivity (Wildman–Crippen MR) is 83.5 cm³/mol. The molecule has 1 heterocycles. The Hall–Kier alpha value is -2.68. The summed E-state index contributed by atoms with van der Waals surface area (Å²) in [6, 6.07) is 9.68. The van der Waals surface area contributed by atoms with Crippen LogP contribution in [-0.4, -0.2) is 10.9 Å². The number of aromatic nitrogens is 1. The predicted octanol–water partition coefficient (Wildman–Crippen LogP) is 3.86. The number of fused-ring (bicyclic) bond motifs is 1. The van der Waals surface area contributed by atoms with E-state index in [0.717, 1.165) is 10.9 Å². The number of anilines is 1. The van der Waals surface area contributed by atoms with E-state index in [1.54, 1.807) is 24.4 Å². The molecule has 0 fully saturated rings. The smallest absolute Gasteiger partial charge is 0.255 e. The van der Waals surface area contributed by atoms with Gasteiger partial charge >= 0.3 is 0 Å². The van der Waals surface area contributed by atoms with Gasteiger partial charge in [0.15, 0.2) is 0 Å². The Kier molecular flexibility index (Phi) is 4.45. The third-order valence-electron chi connectivity index (χ3n) is 2.75. The number of nitrogens with one attached hydrogen (secondary N) is 1. The molecule has 0 atom stereocenters. The summed E-state index contributed by atoms with van der Waals surface area (Å²) < 4.78 is 0. The molecule has 1 N–H and O–H groups in total. The molecule has 0 bridgehead atoms. The molecule has 0 radical (unpaired) electrons. The van der Waals surface area contributed by atoms with Crippen LogP contribution in [0, 0.1) is 0 Å². The van der Waals surface area contributed by atoms with E-state index in [9.17, 15) is 4.79 Å². The van der Waals surface area contributed by atoms with Gasteiger partial charge in [-0.1, -0.05) is 49.1 Å². The molecule has 0 saturated heterocycles. The number of nitrogens with zero attached hydrogens (tertiary/aromatic N) is 1. The SMILES string of the molecule is C=C/C=C(\C=C/C)C(=O)Nc1cnc2ccccc2c1.